The molecule has 1 amide bonds. The summed E-state index contributed by atoms with van der Waals surface area (Å²) in [7, 11) is 1.74. The van der Waals surface area contributed by atoms with E-state index in [1.807, 2.05) is 12.1 Å². The maximum absolute atomic E-state index is 11.3. The van der Waals surface area contributed by atoms with Gasteiger partial charge in [-0.1, -0.05) is 28.1 Å². The zero-order valence-corrected chi connectivity index (χ0v) is 9.99. The lowest BCUT2D eigenvalue weighted by Gasteiger charge is -2.15. The largest absolute Gasteiger partial charge is 0.341 e. The zero-order valence-electron chi connectivity index (χ0n) is 8.40. The number of alkyl halides is 1. The Hall–Kier alpha value is -1.34. The third kappa shape index (κ3) is 3.37. The first kappa shape index (κ1) is 11.7. The van der Waals surface area contributed by atoms with E-state index >= 15 is 0 Å². The molecule has 1 rings (SSSR count). The van der Waals surface area contributed by atoms with Crippen molar-refractivity contribution in [2.45, 2.75) is 6.54 Å². The average Bonchev–Trinajstić information content (AvgIpc) is 2.28. The number of nitriles is 1. The van der Waals surface area contributed by atoms with Gasteiger partial charge in [0.1, 0.15) is 0 Å². The number of rotatable bonds is 3. The molecule has 0 aliphatic rings. The van der Waals surface area contributed by atoms with Crippen molar-refractivity contribution < 1.29 is 4.79 Å². The third-order valence-corrected chi connectivity index (χ3v) is 2.50. The number of carbonyl (C=O) groups is 1. The summed E-state index contributed by atoms with van der Waals surface area (Å²) in [6.45, 7) is 0.528. The number of hydrogen-bond donors (Lipinski definition) is 0. The number of nitrogens with zero attached hydrogens (tertiary/aromatic N) is 2. The number of amides is 1. The number of benzene rings is 1. The Morgan fingerprint density at radius 1 is 1.60 bits per heavy atom. The van der Waals surface area contributed by atoms with Gasteiger partial charge in [0.2, 0.25) is 5.91 Å². The fourth-order valence-electron chi connectivity index (χ4n) is 1.20. The SMILES string of the molecule is CN(Cc1cccc(C#N)c1)C(=O)CBr. The van der Waals surface area contributed by atoms with Gasteiger partial charge in [-0.3, -0.25) is 4.79 Å². The number of hydrogen-bond acceptors (Lipinski definition) is 2. The van der Waals surface area contributed by atoms with Gasteiger partial charge in [0.05, 0.1) is 17.0 Å². The van der Waals surface area contributed by atoms with Crippen LogP contribution in [0.3, 0.4) is 0 Å². The molecule has 4 heteroatoms. The number of halogens is 1. The van der Waals surface area contributed by atoms with Gasteiger partial charge in [-0.2, -0.15) is 5.26 Å². The first-order chi connectivity index (χ1) is 7.17. The van der Waals surface area contributed by atoms with E-state index in [9.17, 15) is 4.79 Å². The van der Waals surface area contributed by atoms with Gasteiger partial charge in [0.25, 0.3) is 0 Å². The highest BCUT2D eigenvalue weighted by Crippen LogP contribution is 2.07. The van der Waals surface area contributed by atoms with Gasteiger partial charge < -0.3 is 4.90 Å². The van der Waals surface area contributed by atoms with Crippen LogP contribution in [-0.2, 0) is 11.3 Å². The molecule has 0 aliphatic heterocycles. The summed E-state index contributed by atoms with van der Waals surface area (Å²) in [5.41, 5.74) is 1.58. The molecule has 0 N–H and O–H groups in total. The van der Waals surface area contributed by atoms with Crippen LogP contribution in [0.5, 0.6) is 0 Å². The van der Waals surface area contributed by atoms with E-state index in [-0.39, 0.29) is 5.91 Å². The summed E-state index contributed by atoms with van der Waals surface area (Å²) in [6.07, 6.45) is 0. The second-order valence-corrected chi connectivity index (χ2v) is 3.76. The van der Waals surface area contributed by atoms with Crippen LogP contribution in [0.2, 0.25) is 0 Å². The van der Waals surface area contributed by atoms with E-state index in [4.69, 9.17) is 5.26 Å². The first-order valence-corrected chi connectivity index (χ1v) is 5.58. The third-order valence-electron chi connectivity index (χ3n) is 2.02. The second-order valence-electron chi connectivity index (χ2n) is 3.20. The predicted molar refractivity (Wildman–Crippen MR) is 61.4 cm³/mol. The minimum Gasteiger partial charge on any atom is -0.341 e. The molecule has 0 aromatic heterocycles. The van der Waals surface area contributed by atoms with Crippen LogP contribution in [0.4, 0.5) is 0 Å². The summed E-state index contributed by atoms with van der Waals surface area (Å²) in [6, 6.07) is 9.33. The molecule has 1 aromatic carbocycles. The summed E-state index contributed by atoms with van der Waals surface area (Å²) in [5, 5.41) is 9.03. The Bertz CT molecular complexity index is 398. The van der Waals surface area contributed by atoms with Crippen molar-refractivity contribution in [2.75, 3.05) is 12.4 Å². The Kier molecular flexibility index (Phi) is 4.32. The molecule has 3 nitrogen and oxygen atoms in total. The molecule has 78 valence electrons. The smallest absolute Gasteiger partial charge is 0.233 e. The van der Waals surface area contributed by atoms with E-state index in [0.717, 1.165) is 5.56 Å². The monoisotopic (exact) mass is 266 g/mol. The maximum atomic E-state index is 11.3. The van der Waals surface area contributed by atoms with Crippen molar-refractivity contribution in [2.24, 2.45) is 0 Å². The predicted octanol–water partition coefficient (Wildman–Crippen LogP) is 1.91. The van der Waals surface area contributed by atoms with Crippen LogP contribution in [0.25, 0.3) is 0 Å². The molecule has 0 aliphatic carbocycles. The molecule has 0 heterocycles. The second kappa shape index (κ2) is 5.52. The van der Waals surface area contributed by atoms with Crippen LogP contribution in [0.1, 0.15) is 11.1 Å². The van der Waals surface area contributed by atoms with Crippen molar-refractivity contribution in [1.29, 1.82) is 5.26 Å². The first-order valence-electron chi connectivity index (χ1n) is 4.46. The maximum Gasteiger partial charge on any atom is 0.233 e. The minimum absolute atomic E-state index is 0.0253. The lowest BCUT2D eigenvalue weighted by molar-refractivity contribution is -0.127. The highest BCUT2D eigenvalue weighted by atomic mass is 79.9. The summed E-state index contributed by atoms with van der Waals surface area (Å²) in [4.78, 5) is 12.9. The highest BCUT2D eigenvalue weighted by Gasteiger charge is 2.07. The Labute approximate surface area is 97.4 Å². The normalized spacial score (nSPS) is 9.40. The fraction of sp³-hybridized carbons (Fsp3) is 0.273. The van der Waals surface area contributed by atoms with Gasteiger partial charge in [-0.25, -0.2) is 0 Å². The number of carbonyl (C=O) groups excluding carboxylic acids is 1. The lowest BCUT2D eigenvalue weighted by Crippen LogP contribution is -2.26. The van der Waals surface area contributed by atoms with Crippen molar-refractivity contribution in [3.05, 3.63) is 35.4 Å². The molecular weight excluding hydrogens is 256 g/mol. The summed E-state index contributed by atoms with van der Waals surface area (Å²) >= 11 is 3.11. The molecule has 0 fully saturated rings. The van der Waals surface area contributed by atoms with E-state index < -0.39 is 0 Å². The van der Waals surface area contributed by atoms with Gasteiger partial charge in [-0.15, -0.1) is 0 Å². The van der Waals surface area contributed by atoms with E-state index in [0.29, 0.717) is 17.4 Å². The van der Waals surface area contributed by atoms with Crippen molar-refractivity contribution in [3.63, 3.8) is 0 Å². The molecule has 0 saturated carbocycles. The highest BCUT2D eigenvalue weighted by molar-refractivity contribution is 9.09. The Morgan fingerprint density at radius 3 is 2.93 bits per heavy atom. The average molecular weight is 267 g/mol. The van der Waals surface area contributed by atoms with Gasteiger partial charge in [0.15, 0.2) is 0 Å². The molecule has 0 saturated heterocycles. The van der Waals surface area contributed by atoms with Crippen LogP contribution in [-0.4, -0.2) is 23.2 Å². The molecular formula is C11H11BrN2O. The van der Waals surface area contributed by atoms with Crippen molar-refractivity contribution in [3.8, 4) is 6.07 Å². The molecule has 1 aromatic rings. The van der Waals surface area contributed by atoms with Crippen molar-refractivity contribution >= 4 is 21.8 Å². The molecule has 0 spiro atoms. The van der Waals surface area contributed by atoms with Crippen LogP contribution in [0, 0.1) is 11.3 Å². The van der Waals surface area contributed by atoms with Gasteiger partial charge >= 0.3 is 0 Å². The summed E-state index contributed by atoms with van der Waals surface area (Å²) < 4.78 is 0. The fourth-order valence-corrected chi connectivity index (χ4v) is 1.63. The molecule has 0 unspecified atom stereocenters. The van der Waals surface area contributed by atoms with E-state index in [1.54, 1.807) is 24.1 Å². The van der Waals surface area contributed by atoms with Crippen LogP contribution in [0.15, 0.2) is 24.3 Å². The quantitative estimate of drug-likeness (QED) is 0.785. The van der Waals surface area contributed by atoms with Crippen LogP contribution < -0.4 is 0 Å². The van der Waals surface area contributed by atoms with Crippen LogP contribution >= 0.6 is 15.9 Å². The molecule has 0 radical (unpaired) electrons. The molecule has 15 heavy (non-hydrogen) atoms. The topological polar surface area (TPSA) is 44.1 Å². The standard InChI is InChI=1S/C11H11BrN2O/c1-14(11(15)6-12)8-10-4-2-3-9(5-10)7-13/h2-5H,6,8H2,1H3. The van der Waals surface area contributed by atoms with Gasteiger partial charge in [-0.05, 0) is 17.7 Å². The molecule has 0 bridgehead atoms. The molecule has 0 atom stereocenters. The Balaban J connectivity index is 2.73. The van der Waals surface area contributed by atoms with E-state index in [2.05, 4.69) is 22.0 Å². The minimum atomic E-state index is 0.0253. The Morgan fingerprint density at radius 2 is 2.33 bits per heavy atom. The zero-order chi connectivity index (χ0) is 11.3. The van der Waals surface area contributed by atoms with Crippen molar-refractivity contribution in [1.82, 2.24) is 4.90 Å². The summed E-state index contributed by atoms with van der Waals surface area (Å²) in [5.74, 6) is 0.0253. The lowest BCUT2D eigenvalue weighted by atomic mass is 10.1. The van der Waals surface area contributed by atoms with E-state index in [1.165, 1.54) is 0 Å². The van der Waals surface area contributed by atoms with Gasteiger partial charge in [0, 0.05) is 13.6 Å².